The van der Waals surface area contributed by atoms with Gasteiger partial charge in [-0.3, -0.25) is 4.90 Å². The van der Waals surface area contributed by atoms with Gasteiger partial charge in [-0.05, 0) is 42.7 Å². The number of ether oxygens (including phenoxy) is 2. The molecule has 0 unspecified atom stereocenters. The van der Waals surface area contributed by atoms with E-state index in [1.165, 1.54) is 19.3 Å². The van der Waals surface area contributed by atoms with Crippen molar-refractivity contribution in [1.29, 1.82) is 0 Å². The van der Waals surface area contributed by atoms with E-state index >= 15 is 0 Å². The van der Waals surface area contributed by atoms with Crippen molar-refractivity contribution in [2.45, 2.75) is 44.2 Å². The summed E-state index contributed by atoms with van der Waals surface area (Å²) in [5.74, 6) is 1.61. The first-order chi connectivity index (χ1) is 13.6. The number of methoxy groups -OCH3 is 2. The number of carbonyl (C=O) groups excluding carboxylic acids is 1. The molecule has 2 aromatic carbocycles. The van der Waals surface area contributed by atoms with Gasteiger partial charge in [-0.1, -0.05) is 37.5 Å². The molecule has 0 N–H and O–H groups in total. The van der Waals surface area contributed by atoms with Crippen molar-refractivity contribution >= 4 is 11.7 Å². The van der Waals surface area contributed by atoms with Gasteiger partial charge in [-0.2, -0.15) is 0 Å². The van der Waals surface area contributed by atoms with Crippen LogP contribution in [-0.4, -0.2) is 37.2 Å². The molecule has 1 spiro atoms. The zero-order valence-electron chi connectivity index (χ0n) is 16.7. The Morgan fingerprint density at radius 2 is 1.64 bits per heavy atom. The Hall–Kier alpha value is -2.69. The molecule has 148 valence electrons. The lowest BCUT2D eigenvalue weighted by Crippen LogP contribution is -2.48. The van der Waals surface area contributed by atoms with Crippen molar-refractivity contribution in [3.8, 4) is 11.5 Å². The number of hydrogen-bond donors (Lipinski definition) is 0. The van der Waals surface area contributed by atoms with Crippen LogP contribution in [0.3, 0.4) is 0 Å². The maximum absolute atomic E-state index is 13.5. The molecule has 0 atom stereocenters. The maximum Gasteiger partial charge on any atom is 0.325 e. The quantitative estimate of drug-likeness (QED) is 0.745. The molecule has 1 saturated carbocycles. The summed E-state index contributed by atoms with van der Waals surface area (Å²) in [6.07, 6.45) is 5.69. The molecular weight excluding hydrogens is 352 g/mol. The maximum atomic E-state index is 13.5. The standard InChI is InChI=1S/C23H28N2O3/c1-27-20-11-9-18(10-12-20)16-24-17-23(13-4-3-5-14-23)25(22(24)26)19-7-6-8-21(15-19)28-2/h6-12,15H,3-5,13-14,16-17H2,1-2H3. The average Bonchev–Trinajstić information content (AvgIpc) is 2.99. The largest absolute Gasteiger partial charge is 0.497 e. The van der Waals surface area contributed by atoms with E-state index in [0.717, 1.165) is 42.1 Å². The van der Waals surface area contributed by atoms with E-state index in [9.17, 15) is 4.79 Å². The first kappa shape index (κ1) is 18.7. The minimum atomic E-state index is -0.117. The summed E-state index contributed by atoms with van der Waals surface area (Å²) in [5.41, 5.74) is 1.94. The number of anilines is 1. The highest BCUT2D eigenvalue weighted by atomic mass is 16.5. The fourth-order valence-electron chi connectivity index (χ4n) is 4.64. The van der Waals surface area contributed by atoms with E-state index in [-0.39, 0.29) is 11.6 Å². The summed E-state index contributed by atoms with van der Waals surface area (Å²) in [4.78, 5) is 17.5. The van der Waals surface area contributed by atoms with Crippen LogP contribution in [0.25, 0.3) is 0 Å². The fraction of sp³-hybridized carbons (Fsp3) is 0.435. The molecular formula is C23H28N2O3. The lowest BCUT2D eigenvalue weighted by atomic mass is 9.81. The number of urea groups is 1. The smallest absolute Gasteiger partial charge is 0.325 e. The van der Waals surface area contributed by atoms with Crippen LogP contribution in [0.2, 0.25) is 0 Å². The first-order valence-corrected chi connectivity index (χ1v) is 10.0. The van der Waals surface area contributed by atoms with Crippen molar-refractivity contribution in [2.75, 3.05) is 25.7 Å². The third kappa shape index (κ3) is 3.41. The molecule has 1 heterocycles. The minimum Gasteiger partial charge on any atom is -0.497 e. The predicted molar refractivity (Wildman–Crippen MR) is 110 cm³/mol. The van der Waals surface area contributed by atoms with Crippen molar-refractivity contribution in [1.82, 2.24) is 4.90 Å². The average molecular weight is 380 g/mol. The topological polar surface area (TPSA) is 42.0 Å². The van der Waals surface area contributed by atoms with E-state index in [1.54, 1.807) is 14.2 Å². The van der Waals surface area contributed by atoms with Gasteiger partial charge < -0.3 is 14.4 Å². The normalized spacial score (nSPS) is 18.6. The van der Waals surface area contributed by atoms with E-state index < -0.39 is 0 Å². The van der Waals surface area contributed by atoms with Crippen molar-refractivity contribution in [2.24, 2.45) is 0 Å². The molecule has 1 aliphatic heterocycles. The SMILES string of the molecule is COc1ccc(CN2CC3(CCCCC3)N(c3cccc(OC)c3)C2=O)cc1. The molecule has 1 aliphatic carbocycles. The zero-order valence-corrected chi connectivity index (χ0v) is 16.7. The number of hydrogen-bond acceptors (Lipinski definition) is 3. The lowest BCUT2D eigenvalue weighted by Gasteiger charge is -2.40. The number of benzene rings is 2. The Balaban J connectivity index is 1.64. The predicted octanol–water partition coefficient (Wildman–Crippen LogP) is 4.85. The minimum absolute atomic E-state index is 0.0889. The van der Waals surface area contributed by atoms with Crippen LogP contribution in [0.1, 0.15) is 37.7 Å². The molecule has 1 saturated heterocycles. The molecule has 4 rings (SSSR count). The second kappa shape index (κ2) is 7.74. The number of amides is 2. The van der Waals surface area contributed by atoms with Crippen LogP contribution in [0, 0.1) is 0 Å². The first-order valence-electron chi connectivity index (χ1n) is 10.0. The molecule has 0 aromatic heterocycles. The number of nitrogens with zero attached hydrogens (tertiary/aromatic N) is 2. The summed E-state index contributed by atoms with van der Waals surface area (Å²) in [5, 5.41) is 0. The van der Waals surface area contributed by atoms with Crippen molar-refractivity contribution in [3.05, 3.63) is 54.1 Å². The Labute approximate surface area is 166 Å². The molecule has 2 aliphatic rings. The zero-order chi connectivity index (χ0) is 19.6. The Morgan fingerprint density at radius 3 is 2.32 bits per heavy atom. The van der Waals surface area contributed by atoms with Gasteiger partial charge in [-0.25, -0.2) is 4.79 Å². The monoisotopic (exact) mass is 380 g/mol. The van der Waals surface area contributed by atoms with Gasteiger partial charge in [0, 0.05) is 24.8 Å². The number of carbonyl (C=O) groups is 1. The van der Waals surface area contributed by atoms with Gasteiger partial charge in [0.15, 0.2) is 0 Å². The Bertz CT molecular complexity index is 828. The summed E-state index contributed by atoms with van der Waals surface area (Å²) >= 11 is 0. The highest BCUT2D eigenvalue weighted by molar-refractivity contribution is 5.96. The second-order valence-corrected chi connectivity index (χ2v) is 7.81. The molecule has 5 heteroatoms. The van der Waals surface area contributed by atoms with Gasteiger partial charge in [0.1, 0.15) is 11.5 Å². The summed E-state index contributed by atoms with van der Waals surface area (Å²) < 4.78 is 10.7. The van der Waals surface area contributed by atoms with E-state index in [2.05, 4.69) is 0 Å². The van der Waals surface area contributed by atoms with Crippen LogP contribution in [0.4, 0.5) is 10.5 Å². The molecule has 0 bridgehead atoms. The van der Waals surface area contributed by atoms with Crippen molar-refractivity contribution < 1.29 is 14.3 Å². The lowest BCUT2D eigenvalue weighted by molar-refractivity contribution is 0.216. The number of rotatable bonds is 5. The van der Waals surface area contributed by atoms with Gasteiger partial charge in [0.25, 0.3) is 0 Å². The van der Waals surface area contributed by atoms with Gasteiger partial charge in [0.2, 0.25) is 0 Å². The van der Waals surface area contributed by atoms with Crippen LogP contribution in [0.15, 0.2) is 48.5 Å². The molecule has 2 fully saturated rings. The highest BCUT2D eigenvalue weighted by Gasteiger charge is 2.50. The van der Waals surface area contributed by atoms with Crippen LogP contribution in [0.5, 0.6) is 11.5 Å². The fourth-order valence-corrected chi connectivity index (χ4v) is 4.64. The highest BCUT2D eigenvalue weighted by Crippen LogP contribution is 2.43. The molecule has 2 aromatic rings. The summed E-state index contributed by atoms with van der Waals surface area (Å²) in [6.45, 7) is 1.39. The van der Waals surface area contributed by atoms with Gasteiger partial charge in [-0.15, -0.1) is 0 Å². The Morgan fingerprint density at radius 1 is 0.929 bits per heavy atom. The van der Waals surface area contributed by atoms with Gasteiger partial charge >= 0.3 is 6.03 Å². The van der Waals surface area contributed by atoms with Crippen molar-refractivity contribution in [3.63, 3.8) is 0 Å². The third-order valence-corrected chi connectivity index (χ3v) is 6.05. The van der Waals surface area contributed by atoms with Crippen LogP contribution >= 0.6 is 0 Å². The Kier molecular flexibility index (Phi) is 5.16. The summed E-state index contributed by atoms with van der Waals surface area (Å²) in [6, 6.07) is 15.9. The second-order valence-electron chi connectivity index (χ2n) is 7.81. The molecule has 0 radical (unpaired) electrons. The molecule has 2 amide bonds. The van der Waals surface area contributed by atoms with Gasteiger partial charge in [0.05, 0.1) is 19.8 Å². The molecule has 5 nitrogen and oxygen atoms in total. The van der Waals surface area contributed by atoms with Crippen LogP contribution < -0.4 is 14.4 Å². The van der Waals surface area contributed by atoms with E-state index in [1.807, 2.05) is 58.3 Å². The molecule has 28 heavy (non-hydrogen) atoms. The van der Waals surface area contributed by atoms with E-state index in [0.29, 0.717) is 6.54 Å². The summed E-state index contributed by atoms with van der Waals surface area (Å²) in [7, 11) is 3.33. The third-order valence-electron chi connectivity index (χ3n) is 6.05. The van der Waals surface area contributed by atoms with E-state index in [4.69, 9.17) is 9.47 Å². The van der Waals surface area contributed by atoms with Crippen LogP contribution in [-0.2, 0) is 6.54 Å².